The van der Waals surface area contributed by atoms with Crippen LogP contribution in [0.15, 0.2) is 114 Å². The van der Waals surface area contributed by atoms with E-state index in [1.807, 2.05) is 0 Å². The van der Waals surface area contributed by atoms with Gasteiger partial charge in [-0.2, -0.15) is 5.10 Å². The number of amides is 1. The summed E-state index contributed by atoms with van der Waals surface area (Å²) in [6, 6.07) is 27.6. The fraction of sp³-hybridized carbons (Fsp3) is 0.0690. The number of benzene rings is 4. The zero-order chi connectivity index (χ0) is 29.2. The number of hydrogen-bond acceptors (Lipinski definition) is 9. The molecule has 12 heteroatoms. The van der Waals surface area contributed by atoms with Gasteiger partial charge in [-0.25, -0.2) is 4.79 Å². The summed E-state index contributed by atoms with van der Waals surface area (Å²) in [5.41, 5.74) is 3.06. The highest BCUT2D eigenvalue weighted by Gasteiger charge is 2.26. The summed E-state index contributed by atoms with van der Waals surface area (Å²) in [5.74, 6) is -1.23. The number of nitrogens with one attached hydrogen (secondary N) is 2. The first-order valence-electron chi connectivity index (χ1n) is 12.2. The molecule has 0 fully saturated rings. The minimum Gasteiger partial charge on any atom is -0.457 e. The molecule has 4 aromatic carbocycles. The van der Waals surface area contributed by atoms with Crippen molar-refractivity contribution in [1.29, 1.82) is 0 Å². The molecule has 1 unspecified atom stereocenters. The van der Waals surface area contributed by atoms with Crippen molar-refractivity contribution in [3.05, 3.63) is 146 Å². The Morgan fingerprint density at radius 2 is 1.37 bits per heavy atom. The van der Waals surface area contributed by atoms with E-state index in [0.717, 1.165) is 12.1 Å². The molecule has 0 heterocycles. The number of esters is 1. The summed E-state index contributed by atoms with van der Waals surface area (Å²) in [6.07, 6.45) is 0. The van der Waals surface area contributed by atoms with Gasteiger partial charge >= 0.3 is 11.7 Å². The predicted octanol–water partition coefficient (Wildman–Crippen LogP) is 5.03. The van der Waals surface area contributed by atoms with Gasteiger partial charge in [0.15, 0.2) is 6.04 Å². The molecular formula is C29H23N5O7. The van der Waals surface area contributed by atoms with Gasteiger partial charge < -0.3 is 10.1 Å². The van der Waals surface area contributed by atoms with E-state index in [0.29, 0.717) is 16.7 Å². The Morgan fingerprint density at radius 3 is 1.95 bits per heavy atom. The quantitative estimate of drug-likeness (QED) is 0.113. The van der Waals surface area contributed by atoms with Crippen molar-refractivity contribution in [3.63, 3.8) is 0 Å². The standard InChI is InChI=1S/C29H23N5O7/c35-28(22-14-8-3-9-15-22)30-27(21-12-6-2-7-13-21)29(36)41-19-25(20-10-4-1-5-11-20)32-31-24-17-16-23(33(37)38)18-26(24)34(39)40/h1-18,27,31H,19H2,(H,30,35)/b32-25-. The molecule has 0 aromatic heterocycles. The summed E-state index contributed by atoms with van der Waals surface area (Å²) in [6.45, 7) is -0.360. The third-order valence-corrected chi connectivity index (χ3v) is 5.84. The Bertz CT molecular complexity index is 1580. The van der Waals surface area contributed by atoms with Crippen LogP contribution in [-0.4, -0.2) is 34.0 Å². The number of nitro benzene ring substituents is 2. The van der Waals surface area contributed by atoms with Crippen LogP contribution in [0.4, 0.5) is 17.1 Å². The van der Waals surface area contributed by atoms with Crippen molar-refractivity contribution in [3.8, 4) is 0 Å². The van der Waals surface area contributed by atoms with E-state index in [-0.39, 0.29) is 18.0 Å². The van der Waals surface area contributed by atoms with Gasteiger partial charge in [-0.1, -0.05) is 78.9 Å². The number of nitro groups is 2. The number of ether oxygens (including phenoxy) is 1. The number of nitrogens with zero attached hydrogens (tertiary/aromatic N) is 3. The third-order valence-electron chi connectivity index (χ3n) is 5.84. The molecule has 0 spiro atoms. The maximum absolute atomic E-state index is 13.3. The number of non-ortho nitro benzene ring substituents is 1. The Hall–Kier alpha value is -5.91. The van der Waals surface area contributed by atoms with Crippen LogP contribution in [0.2, 0.25) is 0 Å². The van der Waals surface area contributed by atoms with Crippen molar-refractivity contribution in [2.45, 2.75) is 6.04 Å². The zero-order valence-corrected chi connectivity index (χ0v) is 21.4. The molecule has 0 aliphatic carbocycles. The molecule has 2 N–H and O–H groups in total. The van der Waals surface area contributed by atoms with Gasteiger partial charge in [0.25, 0.3) is 11.6 Å². The lowest BCUT2D eigenvalue weighted by molar-refractivity contribution is -0.393. The molecule has 0 saturated heterocycles. The molecule has 1 atom stereocenters. The number of rotatable bonds is 11. The highest BCUT2D eigenvalue weighted by Crippen LogP contribution is 2.29. The molecule has 4 aromatic rings. The van der Waals surface area contributed by atoms with Crippen molar-refractivity contribution in [2.75, 3.05) is 12.0 Å². The number of hydrogen-bond donors (Lipinski definition) is 2. The lowest BCUT2D eigenvalue weighted by atomic mass is 10.1. The maximum atomic E-state index is 13.3. The largest absolute Gasteiger partial charge is 0.457 e. The molecular weight excluding hydrogens is 530 g/mol. The van der Waals surface area contributed by atoms with E-state index in [9.17, 15) is 29.8 Å². The molecule has 4 rings (SSSR count). The minimum atomic E-state index is -1.13. The smallest absolute Gasteiger partial charge is 0.333 e. The molecule has 206 valence electrons. The molecule has 41 heavy (non-hydrogen) atoms. The minimum absolute atomic E-state index is 0.0994. The molecule has 0 saturated carbocycles. The zero-order valence-electron chi connectivity index (χ0n) is 21.4. The third kappa shape index (κ3) is 7.35. The van der Waals surface area contributed by atoms with Gasteiger partial charge in [0, 0.05) is 17.2 Å². The van der Waals surface area contributed by atoms with Gasteiger partial charge in [-0.15, -0.1) is 0 Å². The fourth-order valence-electron chi connectivity index (χ4n) is 3.77. The van der Waals surface area contributed by atoms with Crippen LogP contribution >= 0.6 is 0 Å². The summed E-state index contributed by atoms with van der Waals surface area (Å²) in [5, 5.41) is 29.5. The first kappa shape index (κ1) is 28.1. The summed E-state index contributed by atoms with van der Waals surface area (Å²) in [7, 11) is 0. The lowest BCUT2D eigenvalue weighted by Crippen LogP contribution is -2.35. The number of carbonyl (C=O) groups is 2. The second kappa shape index (κ2) is 13.2. The first-order chi connectivity index (χ1) is 19.8. The van der Waals surface area contributed by atoms with E-state index in [1.165, 1.54) is 6.07 Å². The topological polar surface area (TPSA) is 166 Å². The van der Waals surface area contributed by atoms with Crippen LogP contribution in [0.3, 0.4) is 0 Å². The number of carbonyl (C=O) groups excluding carboxylic acids is 2. The van der Waals surface area contributed by atoms with E-state index in [4.69, 9.17) is 4.74 Å². The van der Waals surface area contributed by atoms with E-state index in [1.54, 1.807) is 91.0 Å². The van der Waals surface area contributed by atoms with Crippen molar-refractivity contribution < 1.29 is 24.2 Å². The van der Waals surface area contributed by atoms with Crippen molar-refractivity contribution in [2.24, 2.45) is 5.10 Å². The van der Waals surface area contributed by atoms with E-state index >= 15 is 0 Å². The first-order valence-corrected chi connectivity index (χ1v) is 12.2. The Morgan fingerprint density at radius 1 is 0.780 bits per heavy atom. The van der Waals surface area contributed by atoms with Crippen LogP contribution in [0.1, 0.15) is 27.5 Å². The normalized spacial score (nSPS) is 11.7. The number of hydrazone groups is 1. The Kier molecular flexibility index (Phi) is 9.08. The van der Waals surface area contributed by atoms with Crippen molar-refractivity contribution in [1.82, 2.24) is 5.32 Å². The summed E-state index contributed by atoms with van der Waals surface area (Å²) < 4.78 is 5.58. The number of anilines is 1. The SMILES string of the molecule is O=C(NC(C(=O)OC/C(=N/Nc1ccc([N+](=O)[O-])cc1[N+](=O)[O-])c1ccccc1)c1ccccc1)c1ccccc1. The fourth-order valence-corrected chi connectivity index (χ4v) is 3.77. The van der Waals surface area contributed by atoms with Crippen molar-refractivity contribution >= 4 is 34.7 Å². The van der Waals surface area contributed by atoms with Gasteiger partial charge in [0.2, 0.25) is 0 Å². The predicted molar refractivity (Wildman–Crippen MR) is 150 cm³/mol. The van der Waals surface area contributed by atoms with Crippen LogP contribution in [0.25, 0.3) is 0 Å². The average molecular weight is 554 g/mol. The van der Waals surface area contributed by atoms with Crippen LogP contribution in [0, 0.1) is 20.2 Å². The highest BCUT2D eigenvalue weighted by atomic mass is 16.6. The summed E-state index contributed by atoms with van der Waals surface area (Å²) in [4.78, 5) is 47.2. The van der Waals surface area contributed by atoms with Gasteiger partial charge in [0.1, 0.15) is 18.0 Å². The Labute approximate surface area is 233 Å². The highest BCUT2D eigenvalue weighted by molar-refractivity contribution is 6.03. The molecule has 0 radical (unpaired) electrons. The van der Waals surface area contributed by atoms with Gasteiger partial charge in [-0.05, 0) is 23.8 Å². The van der Waals surface area contributed by atoms with Crippen LogP contribution in [0.5, 0.6) is 0 Å². The van der Waals surface area contributed by atoms with E-state index < -0.39 is 39.1 Å². The lowest BCUT2D eigenvalue weighted by Gasteiger charge is -2.19. The molecule has 0 aliphatic rings. The monoisotopic (exact) mass is 553 g/mol. The summed E-state index contributed by atoms with van der Waals surface area (Å²) >= 11 is 0. The van der Waals surface area contributed by atoms with Gasteiger partial charge in [-0.3, -0.25) is 30.4 Å². The van der Waals surface area contributed by atoms with E-state index in [2.05, 4.69) is 15.8 Å². The molecule has 0 bridgehead atoms. The molecule has 12 nitrogen and oxygen atoms in total. The average Bonchev–Trinajstić information content (AvgIpc) is 3.00. The second-order valence-electron chi connectivity index (χ2n) is 8.54. The second-order valence-corrected chi connectivity index (χ2v) is 8.54. The molecule has 0 aliphatic heterocycles. The van der Waals surface area contributed by atoms with Gasteiger partial charge in [0.05, 0.1) is 15.9 Å². The molecule has 1 amide bonds. The van der Waals surface area contributed by atoms with Crippen LogP contribution < -0.4 is 10.7 Å². The Balaban J connectivity index is 1.58. The van der Waals surface area contributed by atoms with Crippen LogP contribution in [-0.2, 0) is 9.53 Å². The maximum Gasteiger partial charge on any atom is 0.333 e.